The molecule has 1 unspecified atom stereocenters. The number of carbonyl (C=O) groups excluding carboxylic acids is 1. The Morgan fingerprint density at radius 3 is 2.84 bits per heavy atom. The summed E-state index contributed by atoms with van der Waals surface area (Å²) in [7, 11) is 3.39. The van der Waals surface area contributed by atoms with Gasteiger partial charge >= 0.3 is 5.69 Å². The average molecular weight is 438 g/mol. The standard InChI is InChI=1S/C22H27N7O3/c1-4-19(30)27-8-7-14(10-27)11-28-13-16(24-17-12-26(2)25-21(17)32-3)20-23-9-18(15-5-6-15)29(20)22(28)31/h4,9,12-15,24H,1,5-8,10-11H2,2-3H3. The first-order valence-electron chi connectivity index (χ1n) is 10.8. The van der Waals surface area contributed by atoms with Crippen LogP contribution in [0.3, 0.4) is 0 Å². The number of anilines is 2. The van der Waals surface area contributed by atoms with Crippen molar-refractivity contribution in [3.8, 4) is 5.88 Å². The minimum absolute atomic E-state index is 0.0630. The quantitative estimate of drug-likeness (QED) is 0.567. The molecule has 1 aliphatic carbocycles. The number of carbonyl (C=O) groups is 1. The summed E-state index contributed by atoms with van der Waals surface area (Å²) in [4.78, 5) is 31.8. The van der Waals surface area contributed by atoms with E-state index in [1.807, 2.05) is 25.6 Å². The number of aryl methyl sites for hydroxylation is 1. The van der Waals surface area contributed by atoms with Gasteiger partial charge in [0.2, 0.25) is 5.91 Å². The second kappa shape index (κ2) is 7.85. The van der Waals surface area contributed by atoms with E-state index in [0.29, 0.717) is 48.5 Å². The highest BCUT2D eigenvalue weighted by molar-refractivity contribution is 5.87. The van der Waals surface area contributed by atoms with Gasteiger partial charge in [0.1, 0.15) is 5.69 Å². The number of fused-ring (bicyclic) bond motifs is 1. The normalized spacial score (nSPS) is 18.3. The van der Waals surface area contributed by atoms with Crippen molar-refractivity contribution in [2.24, 2.45) is 13.0 Å². The van der Waals surface area contributed by atoms with E-state index in [1.54, 1.807) is 25.7 Å². The summed E-state index contributed by atoms with van der Waals surface area (Å²) in [6, 6.07) is 0. The number of rotatable bonds is 7. The zero-order valence-electron chi connectivity index (χ0n) is 18.3. The molecule has 5 rings (SSSR count). The van der Waals surface area contributed by atoms with Crippen molar-refractivity contribution >= 4 is 22.9 Å². The number of hydrogen-bond acceptors (Lipinski definition) is 6. The van der Waals surface area contributed by atoms with Crippen molar-refractivity contribution < 1.29 is 9.53 Å². The summed E-state index contributed by atoms with van der Waals surface area (Å²) >= 11 is 0. The first-order valence-corrected chi connectivity index (χ1v) is 10.8. The van der Waals surface area contributed by atoms with Crippen LogP contribution in [0.15, 0.2) is 36.0 Å². The predicted octanol–water partition coefficient (Wildman–Crippen LogP) is 1.89. The Balaban J connectivity index is 1.53. The number of amides is 1. The van der Waals surface area contributed by atoms with Gasteiger partial charge in [-0.25, -0.2) is 14.2 Å². The van der Waals surface area contributed by atoms with Crippen LogP contribution >= 0.6 is 0 Å². The van der Waals surface area contributed by atoms with E-state index in [2.05, 4.69) is 22.0 Å². The molecular weight excluding hydrogens is 410 g/mol. The third-order valence-electron chi connectivity index (χ3n) is 6.23. The van der Waals surface area contributed by atoms with Crippen LogP contribution in [-0.4, -0.2) is 54.7 Å². The second-order valence-corrected chi connectivity index (χ2v) is 8.59. The summed E-state index contributed by atoms with van der Waals surface area (Å²) in [5.41, 5.74) is 2.85. The van der Waals surface area contributed by atoms with Gasteiger partial charge in [-0.2, -0.15) is 0 Å². The van der Waals surface area contributed by atoms with Gasteiger partial charge in [-0.05, 0) is 31.3 Å². The molecule has 1 aliphatic heterocycles. The lowest BCUT2D eigenvalue weighted by Gasteiger charge is -2.17. The molecule has 0 spiro atoms. The van der Waals surface area contributed by atoms with Crippen LogP contribution in [0.2, 0.25) is 0 Å². The van der Waals surface area contributed by atoms with Crippen LogP contribution in [0.1, 0.15) is 30.9 Å². The summed E-state index contributed by atoms with van der Waals surface area (Å²) in [5, 5.41) is 7.65. The van der Waals surface area contributed by atoms with Crippen LogP contribution in [0, 0.1) is 5.92 Å². The maximum Gasteiger partial charge on any atom is 0.334 e. The molecule has 3 aromatic heterocycles. The van der Waals surface area contributed by atoms with Crippen LogP contribution in [0.4, 0.5) is 11.4 Å². The molecule has 1 N–H and O–H groups in total. The van der Waals surface area contributed by atoms with Gasteiger partial charge in [0.25, 0.3) is 5.88 Å². The number of nitrogens with zero attached hydrogens (tertiary/aromatic N) is 6. The Morgan fingerprint density at radius 2 is 2.12 bits per heavy atom. The Bertz CT molecular complexity index is 1250. The smallest absolute Gasteiger partial charge is 0.334 e. The first kappa shape index (κ1) is 20.3. The van der Waals surface area contributed by atoms with Crippen molar-refractivity contribution in [2.75, 3.05) is 25.5 Å². The lowest BCUT2D eigenvalue weighted by atomic mass is 10.1. The predicted molar refractivity (Wildman–Crippen MR) is 119 cm³/mol. The highest BCUT2D eigenvalue weighted by atomic mass is 16.5. The first-order chi connectivity index (χ1) is 15.5. The number of ether oxygens (including phenoxy) is 1. The SMILES string of the molecule is C=CC(=O)N1CCC(Cn2cc(Nc3cn(C)nc3OC)c3ncc(C4CC4)n3c2=O)C1. The molecule has 0 aromatic carbocycles. The third kappa shape index (κ3) is 3.55. The molecule has 2 aliphatic rings. The zero-order valence-corrected chi connectivity index (χ0v) is 18.3. The fourth-order valence-corrected chi connectivity index (χ4v) is 4.48. The van der Waals surface area contributed by atoms with E-state index in [1.165, 1.54) is 6.08 Å². The van der Waals surface area contributed by atoms with Gasteiger partial charge in [-0.3, -0.25) is 14.0 Å². The van der Waals surface area contributed by atoms with Gasteiger partial charge in [-0.1, -0.05) is 6.58 Å². The fraction of sp³-hybridized carbons (Fsp3) is 0.455. The number of nitrogens with one attached hydrogen (secondary N) is 1. The van der Waals surface area contributed by atoms with Crippen LogP contribution in [0.5, 0.6) is 5.88 Å². The molecule has 3 aromatic rings. The van der Waals surface area contributed by atoms with E-state index in [4.69, 9.17) is 4.74 Å². The van der Waals surface area contributed by atoms with Crippen LogP contribution in [0.25, 0.3) is 5.65 Å². The number of hydrogen-bond donors (Lipinski definition) is 1. The number of likely N-dealkylation sites (tertiary alicyclic amines) is 1. The summed E-state index contributed by atoms with van der Waals surface area (Å²) in [6.45, 7) is 5.40. The number of imidazole rings is 1. The van der Waals surface area contributed by atoms with E-state index >= 15 is 0 Å². The van der Waals surface area contributed by atoms with E-state index in [-0.39, 0.29) is 17.5 Å². The van der Waals surface area contributed by atoms with Crippen molar-refractivity contribution in [2.45, 2.75) is 31.7 Å². The Labute approximate surface area is 185 Å². The summed E-state index contributed by atoms with van der Waals surface area (Å²) in [6.07, 6.45) is 9.78. The van der Waals surface area contributed by atoms with Crippen LogP contribution in [-0.2, 0) is 18.4 Å². The monoisotopic (exact) mass is 437 g/mol. The summed E-state index contributed by atoms with van der Waals surface area (Å²) in [5.74, 6) is 0.975. The van der Waals surface area contributed by atoms with Gasteiger partial charge in [0.05, 0.1) is 24.7 Å². The van der Waals surface area contributed by atoms with Gasteiger partial charge < -0.3 is 15.0 Å². The zero-order chi connectivity index (χ0) is 22.4. The second-order valence-electron chi connectivity index (χ2n) is 8.59. The molecule has 4 heterocycles. The lowest BCUT2D eigenvalue weighted by Crippen LogP contribution is -2.32. The highest BCUT2D eigenvalue weighted by Crippen LogP contribution is 2.40. The van der Waals surface area contributed by atoms with Crippen molar-refractivity contribution in [1.82, 2.24) is 28.6 Å². The Morgan fingerprint density at radius 1 is 1.31 bits per heavy atom. The van der Waals surface area contributed by atoms with E-state index < -0.39 is 0 Å². The summed E-state index contributed by atoms with van der Waals surface area (Å²) < 4.78 is 10.5. The van der Waals surface area contributed by atoms with Crippen molar-refractivity contribution in [3.63, 3.8) is 0 Å². The topological polar surface area (TPSA) is 98.7 Å². The average Bonchev–Trinajstić information content (AvgIpc) is 3.19. The third-order valence-corrected chi connectivity index (χ3v) is 6.23. The number of aromatic nitrogens is 5. The van der Waals surface area contributed by atoms with Gasteiger partial charge in [-0.15, -0.1) is 5.10 Å². The Kier molecular flexibility index (Phi) is 4.99. The molecule has 2 fully saturated rings. The maximum absolute atomic E-state index is 13.5. The molecule has 1 amide bonds. The molecule has 0 radical (unpaired) electrons. The molecule has 1 saturated carbocycles. The minimum atomic E-state index is -0.100. The molecular formula is C22H27N7O3. The van der Waals surface area contributed by atoms with Crippen molar-refractivity contribution in [1.29, 1.82) is 0 Å². The molecule has 1 saturated heterocycles. The highest BCUT2D eigenvalue weighted by Gasteiger charge is 2.30. The minimum Gasteiger partial charge on any atom is -0.478 e. The van der Waals surface area contributed by atoms with Gasteiger partial charge in [0, 0.05) is 45.0 Å². The Hall–Kier alpha value is -3.56. The number of methoxy groups -OCH3 is 1. The molecule has 10 heteroatoms. The van der Waals surface area contributed by atoms with Gasteiger partial charge in [0.15, 0.2) is 5.65 Å². The van der Waals surface area contributed by atoms with Crippen LogP contribution < -0.4 is 15.7 Å². The van der Waals surface area contributed by atoms with E-state index in [0.717, 1.165) is 25.0 Å². The van der Waals surface area contributed by atoms with Crippen molar-refractivity contribution in [3.05, 3.63) is 47.4 Å². The molecule has 0 bridgehead atoms. The maximum atomic E-state index is 13.5. The van der Waals surface area contributed by atoms with E-state index in [9.17, 15) is 9.59 Å². The molecule has 168 valence electrons. The fourth-order valence-electron chi connectivity index (χ4n) is 4.48. The molecule has 10 nitrogen and oxygen atoms in total. The molecule has 32 heavy (non-hydrogen) atoms. The largest absolute Gasteiger partial charge is 0.478 e. The lowest BCUT2D eigenvalue weighted by molar-refractivity contribution is -0.125. The molecule has 1 atom stereocenters.